The van der Waals surface area contributed by atoms with E-state index in [4.69, 9.17) is 4.74 Å². The van der Waals surface area contributed by atoms with E-state index in [1.54, 1.807) is 6.92 Å². The molecular formula is C7H8N2O2. The zero-order valence-electron chi connectivity index (χ0n) is 6.37. The third-order valence-corrected chi connectivity index (χ3v) is 1.38. The van der Waals surface area contributed by atoms with Crippen LogP contribution < -0.4 is 4.74 Å². The summed E-state index contributed by atoms with van der Waals surface area (Å²) in [6.45, 7) is 1.74. The molecule has 58 valence electrons. The summed E-state index contributed by atoms with van der Waals surface area (Å²) in [5, 5.41) is 0. The molecule has 1 aromatic heterocycles. The number of aromatic nitrogens is 2. The second kappa shape index (κ2) is 3.09. The Hall–Kier alpha value is -1.45. The van der Waals surface area contributed by atoms with Gasteiger partial charge in [-0.3, -0.25) is 4.79 Å². The van der Waals surface area contributed by atoms with Gasteiger partial charge in [0.25, 0.3) is 0 Å². The maximum Gasteiger partial charge on any atom is 0.219 e. The van der Waals surface area contributed by atoms with Crippen molar-refractivity contribution in [1.29, 1.82) is 0 Å². The molecule has 0 bridgehead atoms. The van der Waals surface area contributed by atoms with Crippen LogP contribution >= 0.6 is 0 Å². The van der Waals surface area contributed by atoms with E-state index >= 15 is 0 Å². The highest BCUT2D eigenvalue weighted by Crippen LogP contribution is 2.13. The molecule has 4 heteroatoms. The Morgan fingerprint density at radius 3 is 2.82 bits per heavy atom. The summed E-state index contributed by atoms with van der Waals surface area (Å²) >= 11 is 0. The quantitative estimate of drug-likeness (QED) is 0.582. The molecule has 1 aromatic rings. The first kappa shape index (κ1) is 7.65. The van der Waals surface area contributed by atoms with Crippen LogP contribution in [0.1, 0.15) is 16.1 Å². The van der Waals surface area contributed by atoms with E-state index in [0.717, 1.165) is 0 Å². The van der Waals surface area contributed by atoms with Crippen LogP contribution in [0.5, 0.6) is 5.88 Å². The third kappa shape index (κ3) is 1.34. The molecule has 0 spiro atoms. The number of methoxy groups -OCH3 is 1. The maximum absolute atomic E-state index is 10.3. The molecule has 0 saturated carbocycles. The molecule has 0 unspecified atom stereocenters. The number of hydrogen-bond donors (Lipinski definition) is 0. The Kier molecular flexibility index (Phi) is 2.15. The lowest BCUT2D eigenvalue weighted by molar-refractivity contribution is 0.111. The second-order valence-electron chi connectivity index (χ2n) is 2.01. The van der Waals surface area contributed by atoms with Gasteiger partial charge in [-0.25, -0.2) is 9.97 Å². The number of ether oxygens (including phenoxy) is 1. The van der Waals surface area contributed by atoms with Crippen LogP contribution in [0.25, 0.3) is 0 Å². The van der Waals surface area contributed by atoms with E-state index in [0.29, 0.717) is 23.4 Å². The van der Waals surface area contributed by atoms with Gasteiger partial charge < -0.3 is 4.74 Å². The summed E-state index contributed by atoms with van der Waals surface area (Å²) in [7, 11) is 1.50. The fraction of sp³-hybridized carbons (Fsp3) is 0.286. The Morgan fingerprint density at radius 2 is 2.27 bits per heavy atom. The largest absolute Gasteiger partial charge is 0.481 e. The molecule has 0 saturated heterocycles. The lowest BCUT2D eigenvalue weighted by atomic mass is 10.2. The van der Waals surface area contributed by atoms with Gasteiger partial charge >= 0.3 is 0 Å². The number of carbonyl (C=O) groups excluding carboxylic acids is 1. The van der Waals surface area contributed by atoms with E-state index in [1.165, 1.54) is 13.4 Å². The van der Waals surface area contributed by atoms with Gasteiger partial charge in [0.15, 0.2) is 6.29 Å². The number of rotatable bonds is 2. The van der Waals surface area contributed by atoms with Crippen molar-refractivity contribution in [2.75, 3.05) is 7.11 Å². The minimum atomic E-state index is 0.372. The summed E-state index contributed by atoms with van der Waals surface area (Å²) < 4.78 is 4.88. The predicted octanol–water partition coefficient (Wildman–Crippen LogP) is 0.606. The zero-order valence-corrected chi connectivity index (χ0v) is 6.37. The van der Waals surface area contributed by atoms with Gasteiger partial charge in [-0.2, -0.15) is 0 Å². The van der Waals surface area contributed by atoms with Crippen molar-refractivity contribution in [2.24, 2.45) is 0 Å². The standard InChI is InChI=1S/C7H8N2O2/c1-5-6(3-10)8-4-9-7(5)11-2/h3-4H,1-2H3. The van der Waals surface area contributed by atoms with Crippen molar-refractivity contribution in [3.8, 4) is 5.88 Å². The van der Waals surface area contributed by atoms with Crippen LogP contribution in [0.3, 0.4) is 0 Å². The van der Waals surface area contributed by atoms with Crippen LogP contribution in [-0.2, 0) is 0 Å². The Bertz CT molecular complexity index is 273. The molecule has 0 aliphatic rings. The van der Waals surface area contributed by atoms with Gasteiger partial charge in [0, 0.05) is 5.56 Å². The van der Waals surface area contributed by atoms with E-state index in [9.17, 15) is 4.79 Å². The first-order chi connectivity index (χ1) is 5.29. The average Bonchev–Trinajstić information content (AvgIpc) is 2.05. The minimum Gasteiger partial charge on any atom is -0.481 e. The molecule has 0 radical (unpaired) electrons. The van der Waals surface area contributed by atoms with Crippen LogP contribution in [0.15, 0.2) is 6.33 Å². The van der Waals surface area contributed by atoms with Crippen molar-refractivity contribution < 1.29 is 9.53 Å². The van der Waals surface area contributed by atoms with Gasteiger partial charge in [0.1, 0.15) is 12.0 Å². The smallest absolute Gasteiger partial charge is 0.219 e. The van der Waals surface area contributed by atoms with E-state index < -0.39 is 0 Å². The molecule has 0 fully saturated rings. The number of aldehydes is 1. The van der Waals surface area contributed by atoms with Crippen molar-refractivity contribution in [3.05, 3.63) is 17.6 Å². The first-order valence-electron chi connectivity index (χ1n) is 3.10. The lowest BCUT2D eigenvalue weighted by Crippen LogP contribution is -1.98. The van der Waals surface area contributed by atoms with Crippen LogP contribution in [0.2, 0.25) is 0 Å². The highest BCUT2D eigenvalue weighted by molar-refractivity contribution is 5.74. The van der Waals surface area contributed by atoms with Gasteiger partial charge in [0.05, 0.1) is 7.11 Å². The number of hydrogen-bond acceptors (Lipinski definition) is 4. The van der Waals surface area contributed by atoms with Crippen molar-refractivity contribution >= 4 is 6.29 Å². The van der Waals surface area contributed by atoms with Crippen molar-refractivity contribution in [3.63, 3.8) is 0 Å². The monoisotopic (exact) mass is 152 g/mol. The lowest BCUT2D eigenvalue weighted by Gasteiger charge is -2.02. The van der Waals surface area contributed by atoms with Crippen LogP contribution in [-0.4, -0.2) is 23.4 Å². The molecule has 0 aliphatic carbocycles. The summed E-state index contributed by atoms with van der Waals surface area (Å²) in [6.07, 6.45) is 1.98. The first-order valence-corrected chi connectivity index (χ1v) is 3.10. The Labute approximate surface area is 64.2 Å². The van der Waals surface area contributed by atoms with E-state index in [-0.39, 0.29) is 0 Å². The van der Waals surface area contributed by atoms with E-state index in [1.807, 2.05) is 0 Å². The summed E-state index contributed by atoms with van der Waals surface area (Å²) in [6, 6.07) is 0. The van der Waals surface area contributed by atoms with E-state index in [2.05, 4.69) is 9.97 Å². The van der Waals surface area contributed by atoms with Gasteiger partial charge in [-0.15, -0.1) is 0 Å². The second-order valence-corrected chi connectivity index (χ2v) is 2.01. The molecule has 1 heterocycles. The normalized spacial score (nSPS) is 9.27. The number of nitrogens with zero attached hydrogens (tertiary/aromatic N) is 2. The molecule has 0 aliphatic heterocycles. The van der Waals surface area contributed by atoms with Crippen molar-refractivity contribution in [2.45, 2.75) is 6.92 Å². The molecule has 4 nitrogen and oxygen atoms in total. The molecular weight excluding hydrogens is 144 g/mol. The summed E-state index contributed by atoms with van der Waals surface area (Å²) in [5.74, 6) is 0.446. The molecule has 0 aromatic carbocycles. The fourth-order valence-corrected chi connectivity index (χ4v) is 0.771. The molecule has 11 heavy (non-hydrogen) atoms. The molecule has 0 N–H and O–H groups in total. The van der Waals surface area contributed by atoms with Crippen LogP contribution in [0, 0.1) is 6.92 Å². The minimum absolute atomic E-state index is 0.372. The summed E-state index contributed by atoms with van der Waals surface area (Å²) in [5.41, 5.74) is 1.04. The Balaban J connectivity index is 3.20. The fourth-order valence-electron chi connectivity index (χ4n) is 0.771. The molecule has 0 atom stereocenters. The van der Waals surface area contributed by atoms with Crippen LogP contribution in [0.4, 0.5) is 0 Å². The van der Waals surface area contributed by atoms with Gasteiger partial charge in [-0.05, 0) is 6.92 Å². The highest BCUT2D eigenvalue weighted by atomic mass is 16.5. The molecule has 0 amide bonds. The third-order valence-electron chi connectivity index (χ3n) is 1.38. The molecule has 1 rings (SSSR count). The number of carbonyl (C=O) groups is 1. The summed E-state index contributed by atoms with van der Waals surface area (Å²) in [4.78, 5) is 17.9. The SMILES string of the molecule is COc1ncnc(C=O)c1C. The highest BCUT2D eigenvalue weighted by Gasteiger charge is 2.04. The average molecular weight is 152 g/mol. The Morgan fingerprint density at radius 1 is 1.55 bits per heavy atom. The van der Waals surface area contributed by atoms with Crippen molar-refractivity contribution in [1.82, 2.24) is 9.97 Å². The maximum atomic E-state index is 10.3. The predicted molar refractivity (Wildman–Crippen MR) is 38.7 cm³/mol. The van der Waals surface area contributed by atoms with Gasteiger partial charge in [0.2, 0.25) is 5.88 Å². The zero-order chi connectivity index (χ0) is 8.27. The van der Waals surface area contributed by atoms with Gasteiger partial charge in [-0.1, -0.05) is 0 Å². The topological polar surface area (TPSA) is 52.1 Å².